The van der Waals surface area contributed by atoms with Gasteiger partial charge in [-0.05, 0) is 50.2 Å². The number of ether oxygens (including phenoxy) is 1. The number of esters is 1. The van der Waals surface area contributed by atoms with Gasteiger partial charge < -0.3 is 20.3 Å². The topological polar surface area (TPSA) is 87.7 Å². The predicted octanol–water partition coefficient (Wildman–Crippen LogP) is 3.10. The minimum Gasteiger partial charge on any atom is -0.462 e. The number of aryl methyl sites for hydroxylation is 1. The highest BCUT2D eigenvalue weighted by Crippen LogP contribution is 2.22. The lowest BCUT2D eigenvalue weighted by Crippen LogP contribution is -2.39. The molecule has 1 aliphatic rings. The van der Waals surface area contributed by atoms with Crippen molar-refractivity contribution in [2.24, 2.45) is 0 Å². The van der Waals surface area contributed by atoms with Crippen molar-refractivity contribution >= 4 is 29.3 Å². The number of nitrogens with one attached hydrogen (secondary N) is 2. The Bertz CT molecular complexity index is 862. The van der Waals surface area contributed by atoms with E-state index in [9.17, 15) is 14.4 Å². The van der Waals surface area contributed by atoms with Gasteiger partial charge in [0.2, 0.25) is 5.91 Å². The smallest absolute Gasteiger partial charge is 0.338 e. The molecule has 1 heterocycles. The molecule has 0 saturated carbocycles. The zero-order valence-corrected chi connectivity index (χ0v) is 15.9. The third-order valence-corrected chi connectivity index (χ3v) is 4.46. The molecule has 7 heteroatoms. The first-order valence-electron chi connectivity index (χ1n) is 9.18. The van der Waals surface area contributed by atoms with Crippen molar-refractivity contribution in [2.45, 2.75) is 26.3 Å². The van der Waals surface area contributed by atoms with Gasteiger partial charge in [-0.3, -0.25) is 4.79 Å². The largest absolute Gasteiger partial charge is 0.462 e. The standard InChI is InChI=1S/C21H23N3O4/c1-3-28-20(26)15-6-8-16(9-7-15)22-21(27)23-17-12-19(25)24(13-17)18-10-4-14(2)5-11-18/h4-11,17H,3,12-13H2,1-2H3,(H2,22,23,27)/t17-/m0/s1. The molecule has 7 nitrogen and oxygen atoms in total. The van der Waals surface area contributed by atoms with Crippen LogP contribution in [-0.2, 0) is 9.53 Å². The molecule has 2 aromatic carbocycles. The van der Waals surface area contributed by atoms with E-state index in [2.05, 4.69) is 10.6 Å². The highest BCUT2D eigenvalue weighted by Gasteiger charge is 2.31. The molecule has 0 aromatic heterocycles. The monoisotopic (exact) mass is 381 g/mol. The van der Waals surface area contributed by atoms with E-state index in [-0.39, 0.29) is 18.4 Å². The van der Waals surface area contributed by atoms with Crippen LogP contribution in [0.15, 0.2) is 48.5 Å². The number of hydrogen-bond acceptors (Lipinski definition) is 4. The average Bonchev–Trinajstić information content (AvgIpc) is 3.03. The van der Waals surface area contributed by atoms with Gasteiger partial charge in [0.05, 0.1) is 18.2 Å². The van der Waals surface area contributed by atoms with Gasteiger partial charge >= 0.3 is 12.0 Å². The van der Waals surface area contributed by atoms with Gasteiger partial charge in [-0.25, -0.2) is 9.59 Å². The quantitative estimate of drug-likeness (QED) is 0.779. The minimum atomic E-state index is -0.404. The number of urea groups is 1. The summed E-state index contributed by atoms with van der Waals surface area (Å²) in [5, 5.41) is 5.53. The van der Waals surface area contributed by atoms with Crippen LogP contribution in [0.5, 0.6) is 0 Å². The maximum atomic E-state index is 12.3. The zero-order valence-electron chi connectivity index (χ0n) is 15.9. The second kappa shape index (κ2) is 8.56. The van der Waals surface area contributed by atoms with Gasteiger partial charge in [-0.1, -0.05) is 17.7 Å². The lowest BCUT2D eigenvalue weighted by molar-refractivity contribution is -0.117. The lowest BCUT2D eigenvalue weighted by atomic mass is 10.2. The summed E-state index contributed by atoms with van der Waals surface area (Å²) in [7, 11) is 0. The molecule has 0 aliphatic carbocycles. The summed E-state index contributed by atoms with van der Waals surface area (Å²) in [5.74, 6) is -0.424. The molecule has 3 amide bonds. The zero-order chi connectivity index (χ0) is 20.1. The van der Waals surface area contributed by atoms with Crippen LogP contribution in [0.1, 0.15) is 29.3 Å². The Hall–Kier alpha value is -3.35. The summed E-state index contributed by atoms with van der Waals surface area (Å²) in [4.78, 5) is 37.8. The summed E-state index contributed by atoms with van der Waals surface area (Å²) < 4.78 is 4.93. The normalized spacial score (nSPS) is 16.0. The highest BCUT2D eigenvalue weighted by atomic mass is 16.5. The van der Waals surface area contributed by atoms with Crippen molar-refractivity contribution in [3.63, 3.8) is 0 Å². The number of anilines is 2. The average molecular weight is 381 g/mol. The Kier molecular flexibility index (Phi) is 5.93. The van der Waals surface area contributed by atoms with Crippen molar-refractivity contribution in [3.8, 4) is 0 Å². The Morgan fingerprint density at radius 1 is 1.11 bits per heavy atom. The Morgan fingerprint density at radius 2 is 1.79 bits per heavy atom. The Morgan fingerprint density at radius 3 is 2.43 bits per heavy atom. The van der Waals surface area contributed by atoms with E-state index < -0.39 is 12.0 Å². The van der Waals surface area contributed by atoms with Crippen molar-refractivity contribution in [1.29, 1.82) is 0 Å². The molecule has 1 atom stereocenters. The minimum absolute atomic E-state index is 0.0204. The molecular formula is C21H23N3O4. The number of benzene rings is 2. The Labute approximate surface area is 163 Å². The number of rotatable bonds is 5. The molecule has 28 heavy (non-hydrogen) atoms. The summed E-state index contributed by atoms with van der Waals surface area (Å²) in [6, 6.07) is 13.5. The summed E-state index contributed by atoms with van der Waals surface area (Å²) >= 11 is 0. The number of carbonyl (C=O) groups is 3. The van der Waals surface area contributed by atoms with E-state index in [0.29, 0.717) is 24.4 Å². The molecule has 0 radical (unpaired) electrons. The van der Waals surface area contributed by atoms with Gasteiger partial charge in [0.15, 0.2) is 0 Å². The van der Waals surface area contributed by atoms with E-state index in [0.717, 1.165) is 11.3 Å². The molecule has 1 fully saturated rings. The van der Waals surface area contributed by atoms with Gasteiger partial charge in [0.25, 0.3) is 0 Å². The first-order chi connectivity index (χ1) is 13.5. The van der Waals surface area contributed by atoms with Crippen molar-refractivity contribution in [3.05, 3.63) is 59.7 Å². The summed E-state index contributed by atoms with van der Waals surface area (Å²) in [6.45, 7) is 4.47. The fraction of sp³-hybridized carbons (Fsp3) is 0.286. The van der Waals surface area contributed by atoms with Crippen LogP contribution >= 0.6 is 0 Å². The van der Waals surface area contributed by atoms with Crippen LogP contribution in [0, 0.1) is 6.92 Å². The molecule has 3 rings (SSSR count). The second-order valence-corrected chi connectivity index (χ2v) is 6.64. The molecule has 0 bridgehead atoms. The van der Waals surface area contributed by atoms with Crippen molar-refractivity contribution in [2.75, 3.05) is 23.4 Å². The van der Waals surface area contributed by atoms with Gasteiger partial charge in [0, 0.05) is 24.3 Å². The number of hydrogen-bond donors (Lipinski definition) is 2. The number of nitrogens with zero attached hydrogens (tertiary/aromatic N) is 1. The maximum Gasteiger partial charge on any atom is 0.338 e. The summed E-state index contributed by atoms with van der Waals surface area (Å²) in [6.07, 6.45) is 0.253. The third-order valence-electron chi connectivity index (χ3n) is 4.46. The summed E-state index contributed by atoms with van der Waals surface area (Å²) in [5.41, 5.74) is 2.92. The fourth-order valence-corrected chi connectivity index (χ4v) is 3.04. The molecule has 146 valence electrons. The van der Waals surface area contributed by atoms with Crippen LogP contribution in [0.4, 0.5) is 16.2 Å². The SMILES string of the molecule is CCOC(=O)c1ccc(NC(=O)N[C@H]2CC(=O)N(c3ccc(C)cc3)C2)cc1. The molecule has 2 N–H and O–H groups in total. The number of carbonyl (C=O) groups excluding carboxylic acids is 3. The molecule has 1 aliphatic heterocycles. The fourth-order valence-electron chi connectivity index (χ4n) is 3.04. The van der Waals surface area contributed by atoms with Gasteiger partial charge in [-0.15, -0.1) is 0 Å². The molecule has 0 spiro atoms. The van der Waals surface area contributed by atoms with Crippen LogP contribution in [-0.4, -0.2) is 37.1 Å². The van der Waals surface area contributed by atoms with Crippen LogP contribution in [0.25, 0.3) is 0 Å². The van der Waals surface area contributed by atoms with Crippen LogP contribution in [0.2, 0.25) is 0 Å². The molecule has 2 aromatic rings. The first kappa shape index (κ1) is 19.4. The highest BCUT2D eigenvalue weighted by molar-refractivity contribution is 5.98. The van der Waals surface area contributed by atoms with E-state index in [4.69, 9.17) is 4.74 Å². The maximum absolute atomic E-state index is 12.3. The van der Waals surface area contributed by atoms with Gasteiger partial charge in [0.1, 0.15) is 0 Å². The van der Waals surface area contributed by atoms with Crippen LogP contribution in [0.3, 0.4) is 0 Å². The Balaban J connectivity index is 1.54. The van der Waals surface area contributed by atoms with E-state index in [1.807, 2.05) is 31.2 Å². The lowest BCUT2D eigenvalue weighted by Gasteiger charge is -2.17. The first-order valence-corrected chi connectivity index (χ1v) is 9.18. The van der Waals surface area contributed by atoms with Crippen LogP contribution < -0.4 is 15.5 Å². The molecule has 0 unspecified atom stereocenters. The molecular weight excluding hydrogens is 358 g/mol. The predicted molar refractivity (Wildman–Crippen MR) is 106 cm³/mol. The van der Waals surface area contributed by atoms with Crippen molar-refractivity contribution in [1.82, 2.24) is 5.32 Å². The third kappa shape index (κ3) is 4.68. The van der Waals surface area contributed by atoms with E-state index in [1.54, 1.807) is 36.1 Å². The second-order valence-electron chi connectivity index (χ2n) is 6.64. The van der Waals surface area contributed by atoms with E-state index in [1.165, 1.54) is 0 Å². The molecule has 1 saturated heterocycles. The number of amides is 3. The van der Waals surface area contributed by atoms with Gasteiger partial charge in [-0.2, -0.15) is 0 Å². The van der Waals surface area contributed by atoms with E-state index >= 15 is 0 Å². The van der Waals surface area contributed by atoms with Crippen molar-refractivity contribution < 1.29 is 19.1 Å².